The first-order chi connectivity index (χ1) is 17.1. The summed E-state index contributed by atoms with van der Waals surface area (Å²) in [6.07, 6.45) is -0.968. The molecule has 2 atom stereocenters. The number of aryl methyl sites for hydroxylation is 1. The molecular formula is C27H31F3N4O2. The minimum absolute atomic E-state index is 0.132. The molecule has 1 saturated heterocycles. The van der Waals surface area contributed by atoms with Crippen molar-refractivity contribution in [3.05, 3.63) is 42.1 Å². The second kappa shape index (κ2) is 9.42. The molecule has 6 nitrogen and oxygen atoms in total. The lowest BCUT2D eigenvalue weighted by atomic mass is 9.99. The lowest BCUT2D eigenvalue weighted by Crippen LogP contribution is -2.45. The van der Waals surface area contributed by atoms with Gasteiger partial charge in [0, 0.05) is 63.9 Å². The summed E-state index contributed by atoms with van der Waals surface area (Å²) in [6.45, 7) is 4.50. The van der Waals surface area contributed by atoms with Crippen LogP contribution in [-0.2, 0) is 18.0 Å². The van der Waals surface area contributed by atoms with Gasteiger partial charge in [0.2, 0.25) is 0 Å². The van der Waals surface area contributed by atoms with Crippen LogP contribution in [0.4, 0.5) is 18.9 Å². The predicted molar refractivity (Wildman–Crippen MR) is 133 cm³/mol. The summed E-state index contributed by atoms with van der Waals surface area (Å²) >= 11 is 0. The van der Waals surface area contributed by atoms with Crippen LogP contribution < -0.4 is 9.64 Å². The maximum atomic E-state index is 14.2. The molecule has 0 spiro atoms. The molecule has 192 valence electrons. The molecule has 1 aromatic heterocycles. The zero-order chi connectivity index (χ0) is 25.6. The normalized spacial score (nSPS) is 20.3. The second-order valence-corrected chi connectivity index (χ2v) is 10.1. The number of rotatable bonds is 5. The van der Waals surface area contributed by atoms with Crippen LogP contribution in [0.25, 0.3) is 22.0 Å². The van der Waals surface area contributed by atoms with Crippen LogP contribution >= 0.6 is 0 Å². The molecule has 0 N–H and O–H groups in total. The topological polar surface area (TPSA) is 50.6 Å². The first-order valence-electron chi connectivity index (χ1n) is 12.4. The molecular weight excluding hydrogens is 469 g/mol. The van der Waals surface area contributed by atoms with Crippen molar-refractivity contribution in [2.75, 3.05) is 38.1 Å². The van der Waals surface area contributed by atoms with Gasteiger partial charge in [-0.15, -0.1) is 0 Å². The molecule has 1 aliphatic heterocycles. The van der Waals surface area contributed by atoms with E-state index in [1.54, 1.807) is 36.0 Å². The Morgan fingerprint density at radius 1 is 1.06 bits per heavy atom. The third kappa shape index (κ3) is 4.93. The van der Waals surface area contributed by atoms with E-state index >= 15 is 0 Å². The van der Waals surface area contributed by atoms with Crippen molar-refractivity contribution in [3.8, 4) is 16.9 Å². The van der Waals surface area contributed by atoms with E-state index in [1.807, 2.05) is 25.1 Å². The quantitative estimate of drug-likeness (QED) is 0.485. The molecule has 1 aliphatic carbocycles. The second-order valence-electron chi connectivity index (χ2n) is 10.1. The number of anilines is 1. The molecule has 2 aromatic carbocycles. The average Bonchev–Trinajstić information content (AvgIpc) is 3.43. The summed E-state index contributed by atoms with van der Waals surface area (Å²) in [7, 11) is 3.78. The number of likely N-dealkylation sites (N-methyl/N-ethyl adjacent to an activating group) is 1. The highest BCUT2D eigenvalue weighted by Crippen LogP contribution is 2.41. The number of carbonyl (C=O) groups is 1. The molecule has 3 aromatic rings. The van der Waals surface area contributed by atoms with Gasteiger partial charge in [-0.1, -0.05) is 6.07 Å². The molecule has 36 heavy (non-hydrogen) atoms. The van der Waals surface area contributed by atoms with Crippen LogP contribution in [0.3, 0.4) is 0 Å². The van der Waals surface area contributed by atoms with E-state index < -0.39 is 11.7 Å². The van der Waals surface area contributed by atoms with Crippen molar-refractivity contribution in [1.29, 1.82) is 0 Å². The fourth-order valence-corrected chi connectivity index (χ4v) is 5.28. The van der Waals surface area contributed by atoms with Crippen LogP contribution in [-0.4, -0.2) is 59.8 Å². The standard InChI is InChI=1S/C27H31F3N4O2/c1-17(18-4-6-21(35)12-18)36-26-15-20(14-24-22(26)16-33(3)31-24)19-5-7-25(23(13-19)27(28,29)30)34-10-8-32(2)9-11-34/h5,7,13-18H,4,6,8-12H2,1-3H3/t17-,18+/m1/s1. The van der Waals surface area contributed by atoms with Gasteiger partial charge in [-0.25, -0.2) is 0 Å². The van der Waals surface area contributed by atoms with Crippen molar-refractivity contribution in [3.63, 3.8) is 0 Å². The highest BCUT2D eigenvalue weighted by Gasteiger charge is 2.36. The molecule has 0 radical (unpaired) electrons. The van der Waals surface area contributed by atoms with Gasteiger partial charge < -0.3 is 14.5 Å². The number of fused-ring (bicyclic) bond motifs is 1. The number of hydrogen-bond acceptors (Lipinski definition) is 5. The van der Waals surface area contributed by atoms with Gasteiger partial charge in [0.1, 0.15) is 11.5 Å². The monoisotopic (exact) mass is 500 g/mol. The Bertz CT molecular complexity index is 1280. The molecule has 9 heteroatoms. The Labute approximate surface area is 208 Å². The van der Waals surface area contributed by atoms with Crippen molar-refractivity contribution >= 4 is 22.4 Å². The number of halogens is 3. The first kappa shape index (κ1) is 24.6. The van der Waals surface area contributed by atoms with Gasteiger partial charge in [0.05, 0.1) is 22.6 Å². The maximum Gasteiger partial charge on any atom is 0.418 e. The van der Waals surface area contributed by atoms with Gasteiger partial charge in [-0.3, -0.25) is 9.48 Å². The van der Waals surface area contributed by atoms with Crippen LogP contribution in [0.2, 0.25) is 0 Å². The lowest BCUT2D eigenvalue weighted by molar-refractivity contribution is -0.137. The molecule has 2 aliphatic rings. The van der Waals surface area contributed by atoms with E-state index in [9.17, 15) is 18.0 Å². The number of nitrogens with zero attached hydrogens (tertiary/aromatic N) is 4. The number of benzene rings is 2. The first-order valence-corrected chi connectivity index (χ1v) is 12.4. The highest BCUT2D eigenvalue weighted by molar-refractivity contribution is 5.90. The molecule has 2 heterocycles. The largest absolute Gasteiger partial charge is 0.490 e. The zero-order valence-corrected chi connectivity index (χ0v) is 20.8. The van der Waals surface area contributed by atoms with E-state index in [2.05, 4.69) is 10.00 Å². The van der Waals surface area contributed by atoms with Gasteiger partial charge in [-0.2, -0.15) is 18.3 Å². The Morgan fingerprint density at radius 3 is 2.47 bits per heavy atom. The van der Waals surface area contributed by atoms with Crippen molar-refractivity contribution < 1.29 is 22.7 Å². The third-order valence-corrected chi connectivity index (χ3v) is 7.44. The fraction of sp³-hybridized carbons (Fsp3) is 0.481. The van der Waals surface area contributed by atoms with Crippen LogP contribution in [0, 0.1) is 5.92 Å². The van der Waals surface area contributed by atoms with E-state index in [0.29, 0.717) is 48.3 Å². The van der Waals surface area contributed by atoms with Crippen LogP contribution in [0.15, 0.2) is 36.5 Å². The number of aromatic nitrogens is 2. The number of ether oxygens (including phenoxy) is 1. The average molecular weight is 501 g/mol. The number of carbonyl (C=O) groups excluding carboxylic acids is 1. The van der Waals surface area contributed by atoms with Gasteiger partial charge in [0.25, 0.3) is 0 Å². The summed E-state index contributed by atoms with van der Waals surface area (Å²) < 4.78 is 50.5. The number of hydrogen-bond donors (Lipinski definition) is 0. The molecule has 0 amide bonds. The lowest BCUT2D eigenvalue weighted by Gasteiger charge is -2.35. The van der Waals surface area contributed by atoms with Crippen molar-refractivity contribution in [2.24, 2.45) is 13.0 Å². The molecule has 1 saturated carbocycles. The fourth-order valence-electron chi connectivity index (χ4n) is 5.28. The summed E-state index contributed by atoms with van der Waals surface area (Å²) in [6, 6.07) is 8.16. The predicted octanol–water partition coefficient (Wildman–Crippen LogP) is 5.15. The molecule has 5 rings (SSSR count). The molecule has 0 bridgehead atoms. The Kier molecular flexibility index (Phi) is 6.44. The Morgan fingerprint density at radius 2 is 1.81 bits per heavy atom. The summed E-state index contributed by atoms with van der Waals surface area (Å²) in [5.41, 5.74) is 1.30. The minimum Gasteiger partial charge on any atom is -0.490 e. The van der Waals surface area contributed by atoms with Gasteiger partial charge in [0.15, 0.2) is 0 Å². The Balaban J connectivity index is 1.53. The van der Waals surface area contributed by atoms with Crippen molar-refractivity contribution in [2.45, 2.75) is 38.5 Å². The van der Waals surface area contributed by atoms with E-state index in [-0.39, 0.29) is 23.5 Å². The van der Waals surface area contributed by atoms with E-state index in [1.165, 1.54) is 6.07 Å². The van der Waals surface area contributed by atoms with Gasteiger partial charge in [-0.05, 0) is 55.8 Å². The SMILES string of the molecule is C[C@@H](Oc1cc(-c2ccc(N3CCN(C)CC3)c(C(F)(F)F)c2)cc2nn(C)cc12)[C@H]1CCC(=O)C1. The summed E-state index contributed by atoms with van der Waals surface area (Å²) in [4.78, 5) is 15.7. The smallest absolute Gasteiger partial charge is 0.418 e. The highest BCUT2D eigenvalue weighted by atomic mass is 19.4. The molecule has 2 fully saturated rings. The Hall–Kier alpha value is -3.07. The number of ketones is 1. The van der Waals surface area contributed by atoms with Gasteiger partial charge >= 0.3 is 6.18 Å². The minimum atomic E-state index is -4.48. The number of piperazine rings is 1. The number of alkyl halides is 3. The zero-order valence-electron chi connectivity index (χ0n) is 20.8. The third-order valence-electron chi connectivity index (χ3n) is 7.44. The van der Waals surface area contributed by atoms with Crippen LogP contribution in [0.5, 0.6) is 5.75 Å². The van der Waals surface area contributed by atoms with Crippen LogP contribution in [0.1, 0.15) is 31.7 Å². The number of Topliss-reactive ketones (excluding diaryl/α,β-unsaturated/α-hetero) is 1. The molecule has 0 unspecified atom stereocenters. The maximum absolute atomic E-state index is 14.2. The van der Waals surface area contributed by atoms with E-state index in [4.69, 9.17) is 4.74 Å². The summed E-state index contributed by atoms with van der Waals surface area (Å²) in [5.74, 6) is 0.947. The van der Waals surface area contributed by atoms with E-state index in [0.717, 1.165) is 24.9 Å². The summed E-state index contributed by atoms with van der Waals surface area (Å²) in [5, 5.41) is 5.29. The van der Waals surface area contributed by atoms with Crippen molar-refractivity contribution in [1.82, 2.24) is 14.7 Å².